The molecule has 1 fully saturated rings. The Morgan fingerprint density at radius 2 is 2.38 bits per heavy atom. The third kappa shape index (κ3) is 2.78. The molecule has 1 aliphatic rings. The third-order valence-corrected chi connectivity index (χ3v) is 2.86. The maximum atomic E-state index is 11.1. The van der Waals surface area contributed by atoms with Crippen LogP contribution in [0.25, 0.3) is 0 Å². The van der Waals surface area contributed by atoms with Crippen LogP contribution in [0.3, 0.4) is 0 Å². The lowest BCUT2D eigenvalue weighted by Gasteiger charge is -2.21. The average Bonchev–Trinajstić information content (AvgIpc) is 2.52. The Kier molecular flexibility index (Phi) is 3.88. The van der Waals surface area contributed by atoms with Crippen molar-refractivity contribution in [3.8, 4) is 0 Å². The average molecular weight is 185 g/mol. The minimum Gasteiger partial charge on any atom is -0.384 e. The van der Waals surface area contributed by atoms with Crippen molar-refractivity contribution < 1.29 is 9.53 Å². The van der Waals surface area contributed by atoms with E-state index in [0.717, 1.165) is 26.1 Å². The number of ketones is 1. The predicted octanol–water partition coefficient (Wildman–Crippen LogP) is 0.932. The van der Waals surface area contributed by atoms with E-state index in [4.69, 9.17) is 4.74 Å². The second kappa shape index (κ2) is 4.72. The van der Waals surface area contributed by atoms with Gasteiger partial charge in [0, 0.05) is 13.7 Å². The monoisotopic (exact) mass is 185 g/mol. The van der Waals surface area contributed by atoms with Crippen molar-refractivity contribution in [3.63, 3.8) is 0 Å². The van der Waals surface area contributed by atoms with E-state index in [1.165, 1.54) is 0 Å². The number of Topliss-reactive ketones (excluding diaryl/α,β-unsaturated/α-hetero) is 1. The molecule has 0 N–H and O–H groups in total. The SMILES string of the molecule is COCC1CCN(C(C)C(C)=O)C1. The summed E-state index contributed by atoms with van der Waals surface area (Å²) in [6.45, 7) is 6.51. The van der Waals surface area contributed by atoms with Gasteiger partial charge in [0.1, 0.15) is 5.78 Å². The molecule has 0 bridgehead atoms. The zero-order valence-corrected chi connectivity index (χ0v) is 8.75. The van der Waals surface area contributed by atoms with Crippen molar-refractivity contribution in [3.05, 3.63) is 0 Å². The highest BCUT2D eigenvalue weighted by atomic mass is 16.5. The van der Waals surface area contributed by atoms with Gasteiger partial charge in [-0.05, 0) is 32.7 Å². The molecule has 1 aliphatic heterocycles. The fraction of sp³-hybridized carbons (Fsp3) is 0.900. The molecule has 1 rings (SSSR count). The summed E-state index contributed by atoms with van der Waals surface area (Å²) in [5, 5.41) is 0. The first-order valence-electron chi connectivity index (χ1n) is 4.88. The van der Waals surface area contributed by atoms with E-state index < -0.39 is 0 Å². The lowest BCUT2D eigenvalue weighted by atomic mass is 10.1. The van der Waals surface area contributed by atoms with Crippen molar-refractivity contribution in [1.29, 1.82) is 0 Å². The summed E-state index contributed by atoms with van der Waals surface area (Å²) in [6.07, 6.45) is 1.16. The quantitative estimate of drug-likeness (QED) is 0.652. The van der Waals surface area contributed by atoms with Gasteiger partial charge in [0.15, 0.2) is 0 Å². The largest absolute Gasteiger partial charge is 0.384 e. The lowest BCUT2D eigenvalue weighted by Crippen LogP contribution is -2.36. The molecule has 0 aromatic rings. The molecule has 0 saturated carbocycles. The molecular weight excluding hydrogens is 166 g/mol. The van der Waals surface area contributed by atoms with Crippen LogP contribution in [0.5, 0.6) is 0 Å². The molecule has 0 radical (unpaired) electrons. The number of hydrogen-bond acceptors (Lipinski definition) is 3. The van der Waals surface area contributed by atoms with Crippen LogP contribution in [-0.2, 0) is 9.53 Å². The Hall–Kier alpha value is -0.410. The molecule has 0 amide bonds. The molecule has 1 saturated heterocycles. The summed E-state index contributed by atoms with van der Waals surface area (Å²) in [5.74, 6) is 0.880. The summed E-state index contributed by atoms with van der Waals surface area (Å²) >= 11 is 0. The van der Waals surface area contributed by atoms with Crippen molar-refractivity contribution >= 4 is 5.78 Å². The molecule has 0 aromatic heterocycles. The van der Waals surface area contributed by atoms with Crippen LogP contribution in [0.1, 0.15) is 20.3 Å². The Bertz CT molecular complexity index is 182. The maximum absolute atomic E-state index is 11.1. The smallest absolute Gasteiger partial charge is 0.146 e. The van der Waals surface area contributed by atoms with Gasteiger partial charge >= 0.3 is 0 Å². The van der Waals surface area contributed by atoms with Gasteiger partial charge in [-0.15, -0.1) is 0 Å². The van der Waals surface area contributed by atoms with Crippen LogP contribution in [0.15, 0.2) is 0 Å². The van der Waals surface area contributed by atoms with Gasteiger partial charge in [-0.3, -0.25) is 9.69 Å². The van der Waals surface area contributed by atoms with Gasteiger partial charge in [0.05, 0.1) is 12.6 Å². The highest BCUT2D eigenvalue weighted by molar-refractivity contribution is 5.80. The minimum absolute atomic E-state index is 0.0851. The highest BCUT2D eigenvalue weighted by Crippen LogP contribution is 2.18. The fourth-order valence-electron chi connectivity index (χ4n) is 1.84. The number of methoxy groups -OCH3 is 1. The van der Waals surface area contributed by atoms with E-state index in [-0.39, 0.29) is 11.8 Å². The number of likely N-dealkylation sites (tertiary alicyclic amines) is 1. The molecule has 2 atom stereocenters. The minimum atomic E-state index is 0.0851. The molecule has 0 spiro atoms. The van der Waals surface area contributed by atoms with E-state index >= 15 is 0 Å². The van der Waals surface area contributed by atoms with Gasteiger partial charge < -0.3 is 4.74 Å². The van der Waals surface area contributed by atoms with Crippen LogP contribution >= 0.6 is 0 Å². The summed E-state index contributed by atoms with van der Waals surface area (Å²) in [5.41, 5.74) is 0. The van der Waals surface area contributed by atoms with Crippen molar-refractivity contribution in [2.24, 2.45) is 5.92 Å². The molecule has 76 valence electrons. The van der Waals surface area contributed by atoms with Crippen LogP contribution in [0.4, 0.5) is 0 Å². The van der Waals surface area contributed by atoms with E-state index in [1.54, 1.807) is 14.0 Å². The van der Waals surface area contributed by atoms with Crippen LogP contribution in [0.2, 0.25) is 0 Å². The summed E-state index contributed by atoms with van der Waals surface area (Å²) in [6, 6.07) is 0.0851. The first-order valence-corrected chi connectivity index (χ1v) is 4.88. The fourth-order valence-corrected chi connectivity index (χ4v) is 1.84. The number of carbonyl (C=O) groups is 1. The normalized spacial score (nSPS) is 26.2. The summed E-state index contributed by atoms with van der Waals surface area (Å²) < 4.78 is 5.10. The van der Waals surface area contributed by atoms with E-state index in [9.17, 15) is 4.79 Å². The van der Waals surface area contributed by atoms with Crippen molar-refractivity contribution in [2.75, 3.05) is 26.8 Å². The molecule has 3 heteroatoms. The Labute approximate surface area is 80.1 Å². The number of ether oxygens (including phenoxy) is 1. The van der Waals surface area contributed by atoms with Crippen LogP contribution in [0, 0.1) is 5.92 Å². The maximum Gasteiger partial charge on any atom is 0.146 e. The van der Waals surface area contributed by atoms with Gasteiger partial charge in [-0.1, -0.05) is 0 Å². The van der Waals surface area contributed by atoms with Gasteiger partial charge in [-0.25, -0.2) is 0 Å². The summed E-state index contributed by atoms with van der Waals surface area (Å²) in [7, 11) is 1.73. The highest BCUT2D eigenvalue weighted by Gasteiger charge is 2.27. The number of hydrogen-bond donors (Lipinski definition) is 0. The standard InChI is InChI=1S/C10H19NO2/c1-8(9(2)12)11-5-4-10(6-11)7-13-3/h8,10H,4-7H2,1-3H3. The molecule has 0 aromatic carbocycles. The van der Waals surface area contributed by atoms with Gasteiger partial charge in [0.25, 0.3) is 0 Å². The topological polar surface area (TPSA) is 29.5 Å². The van der Waals surface area contributed by atoms with Crippen LogP contribution < -0.4 is 0 Å². The third-order valence-electron chi connectivity index (χ3n) is 2.86. The second-order valence-corrected chi connectivity index (χ2v) is 3.89. The number of nitrogens with zero attached hydrogens (tertiary/aromatic N) is 1. The molecular formula is C10H19NO2. The van der Waals surface area contributed by atoms with Crippen molar-refractivity contribution in [1.82, 2.24) is 4.90 Å². The van der Waals surface area contributed by atoms with Crippen molar-refractivity contribution in [2.45, 2.75) is 26.3 Å². The molecule has 1 heterocycles. The Morgan fingerprint density at radius 3 is 2.92 bits per heavy atom. The zero-order valence-electron chi connectivity index (χ0n) is 8.75. The van der Waals surface area contributed by atoms with E-state index in [2.05, 4.69) is 4.90 Å². The Balaban J connectivity index is 2.36. The Morgan fingerprint density at radius 1 is 1.69 bits per heavy atom. The molecule has 3 nitrogen and oxygen atoms in total. The first kappa shape index (κ1) is 10.7. The second-order valence-electron chi connectivity index (χ2n) is 3.89. The van der Waals surface area contributed by atoms with E-state index in [0.29, 0.717) is 5.92 Å². The van der Waals surface area contributed by atoms with Crippen LogP contribution in [-0.4, -0.2) is 43.5 Å². The zero-order chi connectivity index (χ0) is 9.84. The number of carbonyl (C=O) groups excluding carboxylic acids is 1. The molecule has 0 aliphatic carbocycles. The van der Waals surface area contributed by atoms with E-state index in [1.807, 2.05) is 6.92 Å². The summed E-state index contributed by atoms with van der Waals surface area (Å²) in [4.78, 5) is 13.4. The lowest BCUT2D eigenvalue weighted by molar-refractivity contribution is -0.121. The molecule has 13 heavy (non-hydrogen) atoms. The van der Waals surface area contributed by atoms with Gasteiger partial charge in [-0.2, -0.15) is 0 Å². The number of rotatable bonds is 4. The van der Waals surface area contributed by atoms with Gasteiger partial charge in [0.2, 0.25) is 0 Å². The predicted molar refractivity (Wildman–Crippen MR) is 51.7 cm³/mol. The molecule has 2 unspecified atom stereocenters. The first-order chi connectivity index (χ1) is 6.15.